The molecule has 2 aliphatic rings. The fourth-order valence-corrected chi connectivity index (χ4v) is 4.21. The zero-order valence-corrected chi connectivity index (χ0v) is 15.1. The summed E-state index contributed by atoms with van der Waals surface area (Å²) in [5, 5.41) is 32.0. The molecule has 2 fully saturated rings. The first-order valence-electron chi connectivity index (χ1n) is 9.59. The highest BCUT2D eigenvalue weighted by Crippen LogP contribution is 2.30. The van der Waals surface area contributed by atoms with Crippen molar-refractivity contribution < 1.29 is 15.0 Å². The minimum atomic E-state index is -0.957. The summed E-state index contributed by atoms with van der Waals surface area (Å²) < 4.78 is 1.67. The first kappa shape index (κ1) is 18.1. The first-order valence-corrected chi connectivity index (χ1v) is 9.59. The first-order chi connectivity index (χ1) is 13.1. The van der Waals surface area contributed by atoms with Crippen LogP contribution in [0.5, 0.6) is 0 Å². The predicted molar refractivity (Wildman–Crippen MR) is 97.3 cm³/mol. The standard InChI is InChI=1S/C19H25N5O3/c25-17-14(8-15(18(17)26)21-19(27)12-4-1-2-5-12)10-24-11-16(22-23-24)13-6-3-7-20-9-13/h3,6-7,9,11-12,14-15,17-18,25-26H,1-2,4-5,8,10H2,(H,21,27)/t14-,15-,17-,18+/m1/s1. The van der Waals surface area contributed by atoms with E-state index in [1.165, 1.54) is 0 Å². The summed E-state index contributed by atoms with van der Waals surface area (Å²) in [7, 11) is 0. The minimum absolute atomic E-state index is 0.00372. The van der Waals surface area contributed by atoms with E-state index in [9.17, 15) is 15.0 Å². The predicted octanol–water partition coefficient (Wildman–Crippen LogP) is 0.757. The number of rotatable bonds is 5. The molecule has 0 aliphatic heterocycles. The third kappa shape index (κ3) is 3.86. The number of aromatic nitrogens is 4. The second kappa shape index (κ2) is 7.74. The molecule has 3 N–H and O–H groups in total. The molecule has 2 aromatic rings. The second-order valence-corrected chi connectivity index (χ2v) is 7.64. The molecule has 8 nitrogen and oxygen atoms in total. The SMILES string of the molecule is O=C(N[C@@H]1C[C@H](Cn2cc(-c3cccnc3)nn2)[C@@H](O)[C@H]1O)C1CCCC1. The Morgan fingerprint density at radius 2 is 2.07 bits per heavy atom. The van der Waals surface area contributed by atoms with Gasteiger partial charge in [-0.3, -0.25) is 14.5 Å². The lowest BCUT2D eigenvalue weighted by atomic mass is 10.1. The number of aliphatic hydroxyl groups excluding tert-OH is 2. The topological polar surface area (TPSA) is 113 Å². The van der Waals surface area contributed by atoms with Crippen LogP contribution in [0.2, 0.25) is 0 Å². The zero-order chi connectivity index (χ0) is 18.8. The minimum Gasteiger partial charge on any atom is -0.390 e. The summed E-state index contributed by atoms with van der Waals surface area (Å²) in [6, 6.07) is 3.33. The number of nitrogens with zero attached hydrogens (tertiary/aromatic N) is 4. The quantitative estimate of drug-likeness (QED) is 0.715. The van der Waals surface area contributed by atoms with Crippen molar-refractivity contribution in [2.75, 3.05) is 0 Å². The molecule has 2 saturated carbocycles. The van der Waals surface area contributed by atoms with E-state index in [-0.39, 0.29) is 17.7 Å². The van der Waals surface area contributed by atoms with Crippen LogP contribution in [0, 0.1) is 11.8 Å². The van der Waals surface area contributed by atoms with Crippen molar-refractivity contribution in [3.63, 3.8) is 0 Å². The van der Waals surface area contributed by atoms with Crippen molar-refractivity contribution >= 4 is 5.91 Å². The number of pyridine rings is 1. The summed E-state index contributed by atoms with van der Waals surface area (Å²) >= 11 is 0. The molecule has 2 aromatic heterocycles. The molecule has 0 saturated heterocycles. The molecule has 4 rings (SSSR count). The summed E-state index contributed by atoms with van der Waals surface area (Å²) in [6.45, 7) is 0.432. The van der Waals surface area contributed by atoms with E-state index < -0.39 is 18.2 Å². The molecule has 0 spiro atoms. The van der Waals surface area contributed by atoms with Crippen molar-refractivity contribution in [1.82, 2.24) is 25.3 Å². The van der Waals surface area contributed by atoms with Crippen LogP contribution in [0.15, 0.2) is 30.7 Å². The van der Waals surface area contributed by atoms with E-state index in [0.717, 1.165) is 31.2 Å². The molecular formula is C19H25N5O3. The third-order valence-electron chi connectivity index (χ3n) is 5.77. The van der Waals surface area contributed by atoms with Crippen LogP contribution in [-0.4, -0.2) is 54.3 Å². The molecule has 27 heavy (non-hydrogen) atoms. The Kier molecular flexibility index (Phi) is 5.18. The molecule has 2 heterocycles. The van der Waals surface area contributed by atoms with E-state index in [0.29, 0.717) is 18.7 Å². The summed E-state index contributed by atoms with van der Waals surface area (Å²) in [5.41, 5.74) is 1.58. The number of carbonyl (C=O) groups is 1. The van der Waals surface area contributed by atoms with Crippen molar-refractivity contribution in [2.24, 2.45) is 11.8 Å². The lowest BCUT2D eigenvalue weighted by Crippen LogP contribution is -2.45. The van der Waals surface area contributed by atoms with Gasteiger partial charge < -0.3 is 15.5 Å². The summed E-state index contributed by atoms with van der Waals surface area (Å²) in [6.07, 6.45) is 7.88. The van der Waals surface area contributed by atoms with Gasteiger partial charge in [0.25, 0.3) is 0 Å². The number of hydrogen-bond donors (Lipinski definition) is 3. The number of hydrogen-bond acceptors (Lipinski definition) is 6. The van der Waals surface area contributed by atoms with E-state index >= 15 is 0 Å². The second-order valence-electron chi connectivity index (χ2n) is 7.64. The van der Waals surface area contributed by atoms with E-state index in [1.54, 1.807) is 23.3 Å². The lowest BCUT2D eigenvalue weighted by Gasteiger charge is -2.20. The molecule has 144 valence electrons. The number of amides is 1. The van der Waals surface area contributed by atoms with E-state index in [1.807, 2.05) is 12.1 Å². The fraction of sp³-hybridized carbons (Fsp3) is 0.579. The van der Waals surface area contributed by atoms with Gasteiger partial charge in [0.15, 0.2) is 0 Å². The highest BCUT2D eigenvalue weighted by molar-refractivity contribution is 5.79. The molecule has 0 radical (unpaired) electrons. The van der Waals surface area contributed by atoms with Crippen LogP contribution in [0.4, 0.5) is 0 Å². The number of carbonyl (C=O) groups excluding carboxylic acids is 1. The van der Waals surface area contributed by atoms with Gasteiger partial charge in [-0.25, -0.2) is 0 Å². The van der Waals surface area contributed by atoms with Crippen LogP contribution in [0.25, 0.3) is 11.3 Å². The van der Waals surface area contributed by atoms with Crippen LogP contribution in [-0.2, 0) is 11.3 Å². The van der Waals surface area contributed by atoms with Crippen molar-refractivity contribution in [3.8, 4) is 11.3 Å². The maximum absolute atomic E-state index is 12.3. The summed E-state index contributed by atoms with van der Waals surface area (Å²) in [5.74, 6) is -0.146. The van der Waals surface area contributed by atoms with Crippen LogP contribution >= 0.6 is 0 Å². The number of nitrogens with one attached hydrogen (secondary N) is 1. The Bertz CT molecular complexity index is 775. The Morgan fingerprint density at radius 3 is 2.81 bits per heavy atom. The van der Waals surface area contributed by atoms with E-state index in [4.69, 9.17) is 0 Å². The van der Waals surface area contributed by atoms with Crippen molar-refractivity contribution in [1.29, 1.82) is 0 Å². The Hall–Kier alpha value is -2.32. The van der Waals surface area contributed by atoms with Gasteiger partial charge in [0.1, 0.15) is 11.8 Å². The molecule has 8 heteroatoms. The Morgan fingerprint density at radius 1 is 1.26 bits per heavy atom. The largest absolute Gasteiger partial charge is 0.390 e. The summed E-state index contributed by atoms with van der Waals surface area (Å²) in [4.78, 5) is 16.4. The van der Waals surface area contributed by atoms with Crippen LogP contribution < -0.4 is 5.32 Å². The van der Waals surface area contributed by atoms with Gasteiger partial charge in [-0.1, -0.05) is 18.1 Å². The van der Waals surface area contributed by atoms with Gasteiger partial charge in [0.2, 0.25) is 5.91 Å². The molecule has 0 unspecified atom stereocenters. The monoisotopic (exact) mass is 371 g/mol. The average Bonchev–Trinajstić information content (AvgIpc) is 3.42. The van der Waals surface area contributed by atoms with Gasteiger partial charge in [-0.2, -0.15) is 0 Å². The molecule has 4 atom stereocenters. The highest BCUT2D eigenvalue weighted by Gasteiger charge is 2.43. The smallest absolute Gasteiger partial charge is 0.223 e. The van der Waals surface area contributed by atoms with Gasteiger partial charge in [-0.05, 0) is 31.4 Å². The lowest BCUT2D eigenvalue weighted by molar-refractivity contribution is -0.126. The average molecular weight is 371 g/mol. The molecular weight excluding hydrogens is 346 g/mol. The highest BCUT2D eigenvalue weighted by atomic mass is 16.3. The van der Waals surface area contributed by atoms with Gasteiger partial charge in [0, 0.05) is 36.3 Å². The maximum Gasteiger partial charge on any atom is 0.223 e. The molecule has 0 bridgehead atoms. The van der Waals surface area contributed by atoms with E-state index in [2.05, 4.69) is 20.6 Å². The van der Waals surface area contributed by atoms with Crippen LogP contribution in [0.3, 0.4) is 0 Å². The number of aliphatic hydroxyl groups is 2. The maximum atomic E-state index is 12.3. The van der Waals surface area contributed by atoms with Crippen molar-refractivity contribution in [2.45, 2.75) is 56.9 Å². The zero-order valence-electron chi connectivity index (χ0n) is 15.1. The fourth-order valence-electron chi connectivity index (χ4n) is 4.21. The van der Waals surface area contributed by atoms with Gasteiger partial charge >= 0.3 is 0 Å². The van der Waals surface area contributed by atoms with Crippen molar-refractivity contribution in [3.05, 3.63) is 30.7 Å². The Balaban J connectivity index is 1.38. The molecule has 2 aliphatic carbocycles. The normalized spacial score (nSPS) is 28.5. The van der Waals surface area contributed by atoms with Crippen LogP contribution in [0.1, 0.15) is 32.1 Å². The molecule has 0 aromatic carbocycles. The van der Waals surface area contributed by atoms with Gasteiger partial charge in [-0.15, -0.1) is 5.10 Å². The molecule has 1 amide bonds. The van der Waals surface area contributed by atoms with Gasteiger partial charge in [0.05, 0.1) is 18.3 Å². The Labute approximate surface area is 157 Å². The third-order valence-corrected chi connectivity index (χ3v) is 5.77.